The van der Waals surface area contributed by atoms with Gasteiger partial charge in [-0.1, -0.05) is 78.9 Å². The van der Waals surface area contributed by atoms with E-state index in [-0.39, 0.29) is 12.5 Å². The highest BCUT2D eigenvalue weighted by atomic mass is 16.6. The second kappa shape index (κ2) is 8.41. The Balaban J connectivity index is 1.54. The molecule has 0 bridgehead atoms. The molecule has 3 aromatic carbocycles. The monoisotopic (exact) mass is 401 g/mol. The third-order valence-electron chi connectivity index (χ3n) is 5.63. The standard InChI is InChI=1S/C25H23NO4/c1-17(18-9-3-2-4-10-18)26(15-24(27)28)25(29)30-16-23-21-13-7-5-11-19(21)20-12-6-8-14-22(20)23/h2-14,17,23H,15-16H2,1H3,(H,27,28)/t17-/m1/s1. The molecule has 0 saturated heterocycles. The maximum Gasteiger partial charge on any atom is 0.410 e. The number of hydrogen-bond acceptors (Lipinski definition) is 3. The predicted octanol–water partition coefficient (Wildman–Crippen LogP) is 5.08. The molecule has 0 saturated carbocycles. The van der Waals surface area contributed by atoms with Crippen LogP contribution in [0.1, 0.15) is 35.6 Å². The summed E-state index contributed by atoms with van der Waals surface area (Å²) < 4.78 is 5.67. The number of ether oxygens (including phenoxy) is 1. The van der Waals surface area contributed by atoms with Crippen molar-refractivity contribution in [3.63, 3.8) is 0 Å². The van der Waals surface area contributed by atoms with Gasteiger partial charge in [0.25, 0.3) is 0 Å². The van der Waals surface area contributed by atoms with Crippen LogP contribution in [0, 0.1) is 0 Å². The van der Waals surface area contributed by atoms with Gasteiger partial charge in [0.2, 0.25) is 0 Å². The molecule has 5 heteroatoms. The number of benzene rings is 3. The summed E-state index contributed by atoms with van der Waals surface area (Å²) in [7, 11) is 0. The van der Waals surface area contributed by atoms with Gasteiger partial charge in [-0.05, 0) is 34.7 Å². The minimum atomic E-state index is -1.08. The fourth-order valence-corrected chi connectivity index (χ4v) is 4.09. The van der Waals surface area contributed by atoms with Crippen LogP contribution < -0.4 is 0 Å². The van der Waals surface area contributed by atoms with E-state index in [1.165, 1.54) is 4.90 Å². The molecular weight excluding hydrogens is 378 g/mol. The minimum Gasteiger partial charge on any atom is -0.480 e. The topological polar surface area (TPSA) is 66.8 Å². The molecule has 0 aromatic heterocycles. The van der Waals surface area contributed by atoms with Gasteiger partial charge in [-0.25, -0.2) is 4.79 Å². The first kappa shape index (κ1) is 19.7. The summed E-state index contributed by atoms with van der Waals surface area (Å²) in [5.41, 5.74) is 5.38. The number of carboxylic acids is 1. The van der Waals surface area contributed by atoms with E-state index in [1.807, 2.05) is 54.6 Å². The summed E-state index contributed by atoms with van der Waals surface area (Å²) >= 11 is 0. The van der Waals surface area contributed by atoms with E-state index in [1.54, 1.807) is 6.92 Å². The van der Waals surface area contributed by atoms with Crippen molar-refractivity contribution in [2.24, 2.45) is 0 Å². The van der Waals surface area contributed by atoms with E-state index < -0.39 is 24.6 Å². The molecule has 4 rings (SSSR count). The quantitative estimate of drug-likeness (QED) is 0.625. The van der Waals surface area contributed by atoms with Crippen LogP contribution in [0.4, 0.5) is 4.79 Å². The van der Waals surface area contributed by atoms with Crippen LogP contribution >= 0.6 is 0 Å². The van der Waals surface area contributed by atoms with Gasteiger partial charge in [-0.2, -0.15) is 0 Å². The van der Waals surface area contributed by atoms with Crippen molar-refractivity contribution < 1.29 is 19.4 Å². The molecule has 3 aromatic rings. The van der Waals surface area contributed by atoms with Gasteiger partial charge in [-0.3, -0.25) is 9.69 Å². The first-order chi connectivity index (χ1) is 14.6. The fourth-order valence-electron chi connectivity index (χ4n) is 4.09. The lowest BCUT2D eigenvalue weighted by molar-refractivity contribution is -0.138. The van der Waals surface area contributed by atoms with Gasteiger partial charge in [0, 0.05) is 5.92 Å². The first-order valence-electron chi connectivity index (χ1n) is 9.94. The number of amides is 1. The lowest BCUT2D eigenvalue weighted by atomic mass is 9.98. The Morgan fingerprint density at radius 3 is 2.00 bits per heavy atom. The summed E-state index contributed by atoms with van der Waals surface area (Å²) in [6.45, 7) is 1.54. The summed E-state index contributed by atoms with van der Waals surface area (Å²) in [6, 6.07) is 25.1. The SMILES string of the molecule is C[C@H](c1ccccc1)N(CC(=O)O)C(=O)OCC1c2ccccc2-c2ccccc21. The van der Waals surface area contributed by atoms with Crippen LogP contribution in [0.2, 0.25) is 0 Å². The Morgan fingerprint density at radius 2 is 1.43 bits per heavy atom. The lowest BCUT2D eigenvalue weighted by Crippen LogP contribution is -2.38. The van der Waals surface area contributed by atoms with Crippen LogP contribution in [0.25, 0.3) is 11.1 Å². The summed E-state index contributed by atoms with van der Waals surface area (Å²) in [4.78, 5) is 25.6. The fraction of sp³-hybridized carbons (Fsp3) is 0.200. The van der Waals surface area contributed by atoms with Crippen molar-refractivity contribution in [3.05, 3.63) is 95.6 Å². The van der Waals surface area contributed by atoms with Gasteiger partial charge in [0.15, 0.2) is 0 Å². The van der Waals surface area contributed by atoms with Crippen LogP contribution in [-0.4, -0.2) is 35.2 Å². The molecule has 0 fully saturated rings. The molecule has 0 unspecified atom stereocenters. The maximum absolute atomic E-state index is 12.9. The minimum absolute atomic E-state index is 0.0694. The zero-order valence-electron chi connectivity index (χ0n) is 16.7. The molecule has 30 heavy (non-hydrogen) atoms. The number of hydrogen-bond donors (Lipinski definition) is 1. The molecule has 1 aliphatic rings. The van der Waals surface area contributed by atoms with Gasteiger partial charge in [0.05, 0.1) is 6.04 Å². The predicted molar refractivity (Wildman–Crippen MR) is 114 cm³/mol. The summed E-state index contributed by atoms with van der Waals surface area (Å²) in [6.07, 6.45) is -0.629. The Bertz CT molecular complexity index is 1020. The van der Waals surface area contributed by atoms with Crippen molar-refractivity contribution in [2.75, 3.05) is 13.2 Å². The zero-order chi connectivity index (χ0) is 21.1. The Hall–Kier alpha value is -3.60. The zero-order valence-corrected chi connectivity index (χ0v) is 16.7. The number of rotatable bonds is 6. The molecule has 0 heterocycles. The average Bonchev–Trinajstić information content (AvgIpc) is 3.09. The molecular formula is C25H23NO4. The molecule has 1 aliphatic carbocycles. The van der Waals surface area contributed by atoms with Crippen molar-refractivity contribution in [3.8, 4) is 11.1 Å². The second-order valence-corrected chi connectivity index (χ2v) is 7.41. The number of carboxylic acid groups (broad SMARTS) is 1. The van der Waals surface area contributed by atoms with Crippen LogP contribution in [0.5, 0.6) is 0 Å². The molecule has 1 amide bonds. The van der Waals surface area contributed by atoms with Crippen LogP contribution in [-0.2, 0) is 9.53 Å². The highest BCUT2D eigenvalue weighted by Gasteiger charge is 2.31. The number of carbonyl (C=O) groups excluding carboxylic acids is 1. The Kier molecular flexibility index (Phi) is 5.53. The normalized spacial score (nSPS) is 13.2. The number of carbonyl (C=O) groups is 2. The van der Waals surface area contributed by atoms with E-state index in [0.717, 1.165) is 27.8 Å². The summed E-state index contributed by atoms with van der Waals surface area (Å²) in [5, 5.41) is 9.32. The molecule has 152 valence electrons. The van der Waals surface area contributed by atoms with E-state index in [9.17, 15) is 14.7 Å². The van der Waals surface area contributed by atoms with Gasteiger partial charge in [0.1, 0.15) is 13.2 Å². The van der Waals surface area contributed by atoms with Crippen LogP contribution in [0.3, 0.4) is 0 Å². The second-order valence-electron chi connectivity index (χ2n) is 7.41. The Morgan fingerprint density at radius 1 is 0.900 bits per heavy atom. The molecule has 0 spiro atoms. The number of aliphatic carboxylic acids is 1. The van der Waals surface area contributed by atoms with Gasteiger partial charge < -0.3 is 9.84 Å². The maximum atomic E-state index is 12.9. The number of fused-ring (bicyclic) bond motifs is 3. The molecule has 0 aliphatic heterocycles. The Labute approximate surface area is 175 Å². The largest absolute Gasteiger partial charge is 0.480 e. The van der Waals surface area contributed by atoms with Gasteiger partial charge >= 0.3 is 12.1 Å². The highest BCUT2D eigenvalue weighted by Crippen LogP contribution is 2.44. The van der Waals surface area contributed by atoms with E-state index in [0.29, 0.717) is 0 Å². The summed E-state index contributed by atoms with van der Waals surface area (Å²) in [5.74, 6) is -1.15. The van der Waals surface area contributed by atoms with E-state index >= 15 is 0 Å². The van der Waals surface area contributed by atoms with Crippen molar-refractivity contribution in [1.29, 1.82) is 0 Å². The highest BCUT2D eigenvalue weighted by molar-refractivity contribution is 5.80. The smallest absolute Gasteiger partial charge is 0.410 e. The van der Waals surface area contributed by atoms with Crippen molar-refractivity contribution >= 4 is 12.1 Å². The van der Waals surface area contributed by atoms with Crippen LogP contribution in [0.15, 0.2) is 78.9 Å². The van der Waals surface area contributed by atoms with Gasteiger partial charge in [-0.15, -0.1) is 0 Å². The van der Waals surface area contributed by atoms with Crippen molar-refractivity contribution in [2.45, 2.75) is 18.9 Å². The van der Waals surface area contributed by atoms with E-state index in [2.05, 4.69) is 24.3 Å². The molecule has 5 nitrogen and oxygen atoms in total. The third kappa shape index (κ3) is 3.79. The molecule has 0 radical (unpaired) electrons. The average molecular weight is 401 g/mol. The molecule has 1 atom stereocenters. The number of nitrogens with zero attached hydrogens (tertiary/aromatic N) is 1. The first-order valence-corrected chi connectivity index (χ1v) is 9.94. The van der Waals surface area contributed by atoms with E-state index in [4.69, 9.17) is 4.74 Å². The molecule has 1 N–H and O–H groups in total. The van der Waals surface area contributed by atoms with Crippen molar-refractivity contribution in [1.82, 2.24) is 4.90 Å². The lowest BCUT2D eigenvalue weighted by Gasteiger charge is -2.28. The third-order valence-corrected chi connectivity index (χ3v) is 5.63.